The molecule has 0 saturated carbocycles. The van der Waals surface area contributed by atoms with Gasteiger partial charge in [-0.2, -0.15) is 5.10 Å². The monoisotopic (exact) mass is 426 g/mol. The molecule has 0 atom stereocenters. The Kier molecular flexibility index (Phi) is 4.93. The van der Waals surface area contributed by atoms with Gasteiger partial charge in [0.2, 0.25) is 5.95 Å². The number of pyridine rings is 1. The van der Waals surface area contributed by atoms with E-state index in [1.54, 1.807) is 19.1 Å². The number of halogens is 1. The molecule has 0 aliphatic heterocycles. The lowest BCUT2D eigenvalue weighted by molar-refractivity contribution is 0.616. The van der Waals surface area contributed by atoms with E-state index in [0.717, 1.165) is 44.8 Å². The fourth-order valence-electron chi connectivity index (χ4n) is 3.78. The molecule has 2 aromatic carbocycles. The SMILES string of the molecule is Cc1cccc(-c2[nH]c(NCc3ccc(C)c(F)c3)nc2-c2ccc3c(cnn3C)c2)n1. The number of imidazole rings is 1. The quantitative estimate of drug-likeness (QED) is 0.395. The Morgan fingerprint density at radius 1 is 1.03 bits per heavy atom. The zero-order valence-corrected chi connectivity index (χ0v) is 18.1. The molecule has 0 bridgehead atoms. The van der Waals surface area contributed by atoms with Gasteiger partial charge in [-0.25, -0.2) is 9.37 Å². The summed E-state index contributed by atoms with van der Waals surface area (Å²) < 4.78 is 15.8. The molecule has 0 fully saturated rings. The first-order chi connectivity index (χ1) is 15.5. The number of hydrogen-bond donors (Lipinski definition) is 2. The number of hydrogen-bond acceptors (Lipinski definition) is 4. The average molecular weight is 426 g/mol. The summed E-state index contributed by atoms with van der Waals surface area (Å²) in [7, 11) is 1.93. The van der Waals surface area contributed by atoms with Crippen molar-refractivity contribution < 1.29 is 4.39 Å². The van der Waals surface area contributed by atoms with E-state index in [4.69, 9.17) is 4.98 Å². The Hall–Kier alpha value is -4.00. The standard InChI is InChI=1S/C25H23FN6/c1-15-7-8-17(11-20(15)26)13-27-25-30-23(24(31-25)21-6-4-5-16(2)29-21)18-9-10-22-19(12-18)14-28-32(22)3/h4-12,14H,13H2,1-3H3,(H2,27,30,31). The van der Waals surface area contributed by atoms with Crippen LogP contribution in [-0.2, 0) is 13.6 Å². The Labute approximate surface area is 185 Å². The molecule has 0 unspecified atom stereocenters. The van der Waals surface area contributed by atoms with Gasteiger partial charge in [-0.1, -0.05) is 24.3 Å². The van der Waals surface area contributed by atoms with Crippen molar-refractivity contribution >= 4 is 16.9 Å². The Morgan fingerprint density at radius 3 is 2.72 bits per heavy atom. The third-order valence-electron chi connectivity index (χ3n) is 5.56. The van der Waals surface area contributed by atoms with Crippen molar-refractivity contribution in [1.82, 2.24) is 24.7 Å². The fraction of sp³-hybridized carbons (Fsp3) is 0.160. The predicted octanol–water partition coefficient (Wildman–Crippen LogP) is 5.39. The van der Waals surface area contributed by atoms with Crippen LogP contribution in [0.3, 0.4) is 0 Å². The molecule has 0 aliphatic rings. The number of aryl methyl sites for hydroxylation is 3. The van der Waals surface area contributed by atoms with Crippen LogP contribution in [0.4, 0.5) is 10.3 Å². The number of benzene rings is 2. The number of fused-ring (bicyclic) bond motifs is 1. The van der Waals surface area contributed by atoms with Gasteiger partial charge in [0, 0.05) is 30.2 Å². The molecule has 5 rings (SSSR count). The van der Waals surface area contributed by atoms with Crippen LogP contribution < -0.4 is 5.32 Å². The molecule has 0 spiro atoms. The first-order valence-electron chi connectivity index (χ1n) is 10.4. The Morgan fingerprint density at radius 2 is 1.91 bits per heavy atom. The first-order valence-corrected chi connectivity index (χ1v) is 10.4. The highest BCUT2D eigenvalue weighted by Crippen LogP contribution is 2.32. The second-order valence-corrected chi connectivity index (χ2v) is 7.95. The summed E-state index contributed by atoms with van der Waals surface area (Å²) in [5, 5.41) is 8.67. The van der Waals surface area contributed by atoms with Crippen LogP contribution in [0.1, 0.15) is 16.8 Å². The van der Waals surface area contributed by atoms with Gasteiger partial charge < -0.3 is 10.3 Å². The summed E-state index contributed by atoms with van der Waals surface area (Å²) >= 11 is 0. The van der Waals surface area contributed by atoms with Gasteiger partial charge in [0.05, 0.1) is 28.8 Å². The zero-order valence-electron chi connectivity index (χ0n) is 18.1. The number of rotatable bonds is 5. The number of anilines is 1. The molecule has 2 N–H and O–H groups in total. The van der Waals surface area contributed by atoms with E-state index in [0.29, 0.717) is 18.1 Å². The summed E-state index contributed by atoms with van der Waals surface area (Å²) in [6.45, 7) is 4.17. The smallest absolute Gasteiger partial charge is 0.201 e. The van der Waals surface area contributed by atoms with E-state index in [1.165, 1.54) is 0 Å². The Bertz CT molecular complexity index is 1430. The summed E-state index contributed by atoms with van der Waals surface area (Å²) in [6, 6.07) is 17.3. The highest BCUT2D eigenvalue weighted by atomic mass is 19.1. The lowest BCUT2D eigenvalue weighted by Crippen LogP contribution is -2.01. The van der Waals surface area contributed by atoms with Crippen molar-refractivity contribution in [3.63, 3.8) is 0 Å². The maximum atomic E-state index is 13.9. The molecule has 0 saturated heterocycles. The van der Waals surface area contributed by atoms with Crippen molar-refractivity contribution in [3.05, 3.63) is 83.4 Å². The molecule has 5 aromatic rings. The second kappa shape index (κ2) is 7.92. The van der Waals surface area contributed by atoms with Crippen LogP contribution in [0.15, 0.2) is 60.8 Å². The van der Waals surface area contributed by atoms with E-state index < -0.39 is 0 Å². The molecule has 160 valence electrons. The second-order valence-electron chi connectivity index (χ2n) is 7.95. The highest BCUT2D eigenvalue weighted by Gasteiger charge is 2.16. The van der Waals surface area contributed by atoms with Crippen molar-refractivity contribution in [2.45, 2.75) is 20.4 Å². The van der Waals surface area contributed by atoms with Crippen molar-refractivity contribution in [1.29, 1.82) is 0 Å². The average Bonchev–Trinajstić information content (AvgIpc) is 3.38. The summed E-state index contributed by atoms with van der Waals surface area (Å²) in [4.78, 5) is 12.9. The van der Waals surface area contributed by atoms with Crippen molar-refractivity contribution in [3.8, 4) is 22.6 Å². The van der Waals surface area contributed by atoms with Gasteiger partial charge in [0.15, 0.2) is 0 Å². The van der Waals surface area contributed by atoms with E-state index >= 15 is 0 Å². The number of aromatic nitrogens is 5. The number of nitrogens with zero attached hydrogens (tertiary/aromatic N) is 4. The molecule has 32 heavy (non-hydrogen) atoms. The van der Waals surface area contributed by atoms with Crippen LogP contribution in [0.2, 0.25) is 0 Å². The van der Waals surface area contributed by atoms with E-state index in [1.807, 2.05) is 61.2 Å². The molecule has 0 amide bonds. The zero-order chi connectivity index (χ0) is 22.2. The highest BCUT2D eigenvalue weighted by molar-refractivity contribution is 5.87. The van der Waals surface area contributed by atoms with Gasteiger partial charge in [-0.05, 0) is 55.3 Å². The predicted molar refractivity (Wildman–Crippen MR) is 125 cm³/mol. The molecule has 7 heteroatoms. The topological polar surface area (TPSA) is 71.4 Å². The van der Waals surface area contributed by atoms with Gasteiger partial charge in [0.1, 0.15) is 5.82 Å². The molecular weight excluding hydrogens is 403 g/mol. The van der Waals surface area contributed by atoms with E-state index in [2.05, 4.69) is 26.4 Å². The van der Waals surface area contributed by atoms with E-state index in [9.17, 15) is 4.39 Å². The van der Waals surface area contributed by atoms with Gasteiger partial charge in [0.25, 0.3) is 0 Å². The molecule has 6 nitrogen and oxygen atoms in total. The van der Waals surface area contributed by atoms with Gasteiger partial charge >= 0.3 is 0 Å². The number of aromatic amines is 1. The van der Waals surface area contributed by atoms with Crippen LogP contribution in [0, 0.1) is 19.7 Å². The molecule has 0 aliphatic carbocycles. The molecular formula is C25H23FN6. The maximum absolute atomic E-state index is 13.9. The maximum Gasteiger partial charge on any atom is 0.201 e. The normalized spacial score (nSPS) is 11.2. The third-order valence-corrected chi connectivity index (χ3v) is 5.56. The van der Waals surface area contributed by atoms with Crippen molar-refractivity contribution in [2.24, 2.45) is 7.05 Å². The minimum atomic E-state index is -0.209. The minimum Gasteiger partial charge on any atom is -0.352 e. The lowest BCUT2D eigenvalue weighted by Gasteiger charge is -2.05. The summed E-state index contributed by atoms with van der Waals surface area (Å²) in [5.74, 6) is 0.393. The number of H-pyrrole nitrogens is 1. The number of nitrogens with one attached hydrogen (secondary N) is 2. The third kappa shape index (κ3) is 3.73. The largest absolute Gasteiger partial charge is 0.352 e. The van der Waals surface area contributed by atoms with Crippen LogP contribution >= 0.6 is 0 Å². The lowest BCUT2D eigenvalue weighted by atomic mass is 10.1. The fourth-order valence-corrected chi connectivity index (χ4v) is 3.78. The van der Waals surface area contributed by atoms with Crippen LogP contribution in [0.5, 0.6) is 0 Å². The van der Waals surface area contributed by atoms with Crippen LogP contribution in [-0.4, -0.2) is 24.7 Å². The molecule has 0 radical (unpaired) electrons. The van der Waals surface area contributed by atoms with E-state index in [-0.39, 0.29) is 5.82 Å². The minimum absolute atomic E-state index is 0.209. The molecule has 3 aromatic heterocycles. The van der Waals surface area contributed by atoms with Crippen molar-refractivity contribution in [2.75, 3.05) is 5.32 Å². The first kappa shape index (κ1) is 19.9. The molecule has 3 heterocycles. The summed E-state index contributed by atoms with van der Waals surface area (Å²) in [6.07, 6.45) is 1.85. The Balaban J connectivity index is 1.54. The van der Waals surface area contributed by atoms with Crippen LogP contribution in [0.25, 0.3) is 33.5 Å². The van der Waals surface area contributed by atoms with Gasteiger partial charge in [-0.15, -0.1) is 0 Å². The summed E-state index contributed by atoms with van der Waals surface area (Å²) in [5.41, 5.74) is 6.86. The van der Waals surface area contributed by atoms with Gasteiger partial charge in [-0.3, -0.25) is 9.67 Å².